The molecular weight excluding hydrogens is 581 g/mol. The van der Waals surface area contributed by atoms with Crippen molar-refractivity contribution in [1.29, 1.82) is 0 Å². The third kappa shape index (κ3) is 5.72. The average Bonchev–Trinajstić information content (AvgIpc) is 3.17. The van der Waals surface area contributed by atoms with E-state index in [1.165, 1.54) is 33.0 Å². The minimum Gasteiger partial charge on any atom is -0.310 e. The summed E-state index contributed by atoms with van der Waals surface area (Å²) in [6.07, 6.45) is 0. The SMILES string of the molecule is c1ccc(-c2ccc(N(c3ccccc3)c3cc(N(c4ccccc4)c4ccccc4-c4ccccc4)c4ccccc4c3)cc2)cc1. The van der Waals surface area contributed by atoms with E-state index in [1.807, 2.05) is 0 Å². The molecule has 2 heteroatoms. The number of hydrogen-bond acceptors (Lipinski definition) is 2. The fourth-order valence-corrected chi connectivity index (χ4v) is 6.56. The Morgan fingerprint density at radius 1 is 0.271 bits per heavy atom. The van der Waals surface area contributed by atoms with Crippen LogP contribution in [0.15, 0.2) is 206 Å². The summed E-state index contributed by atoms with van der Waals surface area (Å²) in [5, 5.41) is 2.35. The Hall–Kier alpha value is -6.38. The quantitative estimate of drug-likeness (QED) is 0.168. The Labute approximate surface area is 282 Å². The molecule has 0 aliphatic heterocycles. The van der Waals surface area contributed by atoms with Gasteiger partial charge in [-0.3, -0.25) is 0 Å². The molecular formula is C46H34N2. The lowest BCUT2D eigenvalue weighted by Gasteiger charge is -2.32. The smallest absolute Gasteiger partial charge is 0.0561 e. The van der Waals surface area contributed by atoms with Crippen LogP contribution in [0.5, 0.6) is 0 Å². The van der Waals surface area contributed by atoms with Gasteiger partial charge >= 0.3 is 0 Å². The first-order valence-corrected chi connectivity index (χ1v) is 16.4. The van der Waals surface area contributed by atoms with E-state index in [4.69, 9.17) is 0 Å². The summed E-state index contributed by atoms with van der Waals surface area (Å²) in [5.74, 6) is 0. The molecule has 0 saturated carbocycles. The van der Waals surface area contributed by atoms with Crippen LogP contribution in [-0.2, 0) is 0 Å². The summed E-state index contributed by atoms with van der Waals surface area (Å²) >= 11 is 0. The molecule has 0 fully saturated rings. The van der Waals surface area contributed by atoms with E-state index >= 15 is 0 Å². The van der Waals surface area contributed by atoms with Gasteiger partial charge in [-0.25, -0.2) is 0 Å². The van der Waals surface area contributed by atoms with Crippen LogP contribution < -0.4 is 9.80 Å². The first kappa shape index (κ1) is 29.1. The van der Waals surface area contributed by atoms with Gasteiger partial charge in [0.25, 0.3) is 0 Å². The summed E-state index contributed by atoms with van der Waals surface area (Å²) in [7, 11) is 0. The van der Waals surface area contributed by atoms with Gasteiger partial charge in [-0.15, -0.1) is 0 Å². The van der Waals surface area contributed by atoms with Crippen LogP contribution in [0.1, 0.15) is 0 Å². The van der Waals surface area contributed by atoms with Crippen molar-refractivity contribution in [2.24, 2.45) is 0 Å². The molecule has 228 valence electrons. The van der Waals surface area contributed by atoms with Crippen molar-refractivity contribution in [2.45, 2.75) is 0 Å². The third-order valence-electron chi connectivity index (χ3n) is 8.81. The van der Waals surface area contributed by atoms with Crippen molar-refractivity contribution in [3.8, 4) is 22.3 Å². The van der Waals surface area contributed by atoms with Crippen molar-refractivity contribution in [2.75, 3.05) is 9.80 Å². The highest BCUT2D eigenvalue weighted by molar-refractivity contribution is 6.04. The Balaban J connectivity index is 1.36. The minimum atomic E-state index is 1.08. The van der Waals surface area contributed by atoms with E-state index < -0.39 is 0 Å². The van der Waals surface area contributed by atoms with Gasteiger partial charge in [-0.1, -0.05) is 152 Å². The third-order valence-corrected chi connectivity index (χ3v) is 8.81. The van der Waals surface area contributed by atoms with E-state index in [9.17, 15) is 0 Å². The Bertz CT molecular complexity index is 2260. The molecule has 0 unspecified atom stereocenters. The molecule has 0 aliphatic carbocycles. The number of fused-ring (bicyclic) bond motifs is 1. The van der Waals surface area contributed by atoms with E-state index in [-0.39, 0.29) is 0 Å². The average molecular weight is 615 g/mol. The van der Waals surface area contributed by atoms with Crippen LogP contribution in [0.2, 0.25) is 0 Å². The maximum atomic E-state index is 2.41. The van der Waals surface area contributed by atoms with Crippen LogP contribution >= 0.6 is 0 Å². The Morgan fingerprint density at radius 3 is 1.42 bits per heavy atom. The fraction of sp³-hybridized carbons (Fsp3) is 0. The fourth-order valence-electron chi connectivity index (χ4n) is 6.56. The highest BCUT2D eigenvalue weighted by Crippen LogP contribution is 2.46. The molecule has 0 aliphatic rings. The molecule has 0 radical (unpaired) electrons. The van der Waals surface area contributed by atoms with Gasteiger partial charge in [0.05, 0.1) is 11.4 Å². The van der Waals surface area contributed by atoms with Gasteiger partial charge in [0.2, 0.25) is 0 Å². The lowest BCUT2D eigenvalue weighted by atomic mass is 9.99. The molecule has 8 aromatic carbocycles. The van der Waals surface area contributed by atoms with E-state index in [2.05, 4.69) is 216 Å². The van der Waals surface area contributed by atoms with Crippen molar-refractivity contribution in [3.63, 3.8) is 0 Å². The molecule has 48 heavy (non-hydrogen) atoms. The zero-order valence-corrected chi connectivity index (χ0v) is 26.5. The Morgan fingerprint density at radius 2 is 0.750 bits per heavy atom. The number of benzene rings is 8. The molecule has 0 aromatic heterocycles. The predicted molar refractivity (Wildman–Crippen MR) is 204 cm³/mol. The number of para-hydroxylation sites is 3. The van der Waals surface area contributed by atoms with Crippen LogP contribution in [-0.4, -0.2) is 0 Å². The molecule has 0 spiro atoms. The second-order valence-electron chi connectivity index (χ2n) is 11.8. The number of anilines is 6. The second kappa shape index (κ2) is 13.2. The molecule has 8 aromatic rings. The second-order valence-corrected chi connectivity index (χ2v) is 11.8. The monoisotopic (exact) mass is 614 g/mol. The molecule has 0 atom stereocenters. The van der Waals surface area contributed by atoms with Gasteiger partial charge in [0.1, 0.15) is 0 Å². The lowest BCUT2D eigenvalue weighted by Crippen LogP contribution is -2.14. The predicted octanol–water partition coefficient (Wildman–Crippen LogP) is 13.1. The highest BCUT2D eigenvalue weighted by Gasteiger charge is 2.22. The van der Waals surface area contributed by atoms with E-state index in [1.54, 1.807) is 0 Å². The van der Waals surface area contributed by atoms with Gasteiger partial charge in [-0.05, 0) is 76.7 Å². The number of nitrogens with zero attached hydrogens (tertiary/aromatic N) is 2. The van der Waals surface area contributed by atoms with E-state index in [0.717, 1.165) is 34.1 Å². The molecule has 0 heterocycles. The largest absolute Gasteiger partial charge is 0.310 e. The normalized spacial score (nSPS) is 10.9. The molecule has 0 amide bonds. The van der Waals surface area contributed by atoms with Crippen molar-refractivity contribution in [3.05, 3.63) is 206 Å². The van der Waals surface area contributed by atoms with Crippen molar-refractivity contribution >= 4 is 44.9 Å². The zero-order valence-electron chi connectivity index (χ0n) is 26.5. The maximum Gasteiger partial charge on any atom is 0.0561 e. The molecule has 0 bridgehead atoms. The Kier molecular flexibility index (Phi) is 7.96. The van der Waals surface area contributed by atoms with Gasteiger partial charge in [0, 0.05) is 33.7 Å². The van der Waals surface area contributed by atoms with Crippen molar-refractivity contribution < 1.29 is 0 Å². The maximum absolute atomic E-state index is 2.41. The van der Waals surface area contributed by atoms with Crippen molar-refractivity contribution in [1.82, 2.24) is 0 Å². The van der Waals surface area contributed by atoms with Crippen LogP contribution in [0.4, 0.5) is 34.1 Å². The molecule has 0 saturated heterocycles. The highest BCUT2D eigenvalue weighted by atomic mass is 15.2. The first-order chi connectivity index (χ1) is 23.8. The molecule has 2 nitrogen and oxygen atoms in total. The van der Waals surface area contributed by atoms with Gasteiger partial charge in [-0.2, -0.15) is 0 Å². The first-order valence-electron chi connectivity index (χ1n) is 16.4. The standard InChI is InChI=1S/C46H34N2/c1-5-17-35(18-6-1)36-29-31-41(32-30-36)47(39-22-9-3-10-23-39)42-33-38-21-13-14-27-44(38)46(34-42)48(40-24-11-4-12-25-40)45-28-16-15-26-43(45)37-19-7-2-8-20-37/h1-34H. The lowest BCUT2D eigenvalue weighted by molar-refractivity contribution is 1.26. The van der Waals surface area contributed by atoms with Crippen LogP contribution in [0, 0.1) is 0 Å². The summed E-state index contributed by atoms with van der Waals surface area (Å²) in [5.41, 5.74) is 11.4. The summed E-state index contributed by atoms with van der Waals surface area (Å²) in [6.45, 7) is 0. The zero-order chi connectivity index (χ0) is 32.1. The number of hydrogen-bond donors (Lipinski definition) is 0. The number of rotatable bonds is 8. The molecule has 8 rings (SSSR count). The topological polar surface area (TPSA) is 6.48 Å². The van der Waals surface area contributed by atoms with Gasteiger partial charge in [0.15, 0.2) is 0 Å². The molecule has 0 N–H and O–H groups in total. The minimum absolute atomic E-state index is 1.08. The van der Waals surface area contributed by atoms with E-state index in [0.29, 0.717) is 0 Å². The summed E-state index contributed by atoms with van der Waals surface area (Å²) in [4.78, 5) is 4.77. The summed E-state index contributed by atoms with van der Waals surface area (Å²) < 4.78 is 0. The van der Waals surface area contributed by atoms with Crippen LogP contribution in [0.3, 0.4) is 0 Å². The van der Waals surface area contributed by atoms with Gasteiger partial charge < -0.3 is 9.80 Å². The van der Waals surface area contributed by atoms with Crippen LogP contribution in [0.25, 0.3) is 33.0 Å². The summed E-state index contributed by atoms with van der Waals surface area (Å²) in [6, 6.07) is 73.5.